The van der Waals surface area contributed by atoms with E-state index in [1.54, 1.807) is 0 Å². The summed E-state index contributed by atoms with van der Waals surface area (Å²) in [5, 5.41) is 4.40. The Hall–Kier alpha value is -0.890. The number of hydrogen-bond donors (Lipinski definition) is 1. The summed E-state index contributed by atoms with van der Waals surface area (Å²) in [6.45, 7) is 3.32. The molecule has 3 rings (SSSR count). The summed E-state index contributed by atoms with van der Waals surface area (Å²) >= 11 is 11.8. The zero-order chi connectivity index (χ0) is 18.0. The van der Waals surface area contributed by atoms with E-state index in [4.69, 9.17) is 28.6 Å². The maximum absolute atomic E-state index is 11.9. The van der Waals surface area contributed by atoms with Gasteiger partial charge in [0.25, 0.3) is 0 Å². The number of nitrogens with one attached hydrogen (secondary N) is 1. The van der Waals surface area contributed by atoms with Crippen molar-refractivity contribution in [2.45, 2.75) is 38.3 Å². The van der Waals surface area contributed by atoms with Crippen LogP contribution in [0.4, 0.5) is 5.69 Å². The molecule has 0 radical (unpaired) electrons. The maximum atomic E-state index is 11.9. The highest BCUT2D eigenvalue weighted by molar-refractivity contribution is 7.91. The molecule has 0 unspecified atom stereocenters. The van der Waals surface area contributed by atoms with Crippen molar-refractivity contribution in [3.8, 4) is 0 Å². The van der Waals surface area contributed by atoms with Gasteiger partial charge in [-0.2, -0.15) is 0 Å². The van der Waals surface area contributed by atoms with Crippen molar-refractivity contribution >= 4 is 44.5 Å². The Kier molecular flexibility index (Phi) is 5.88. The summed E-state index contributed by atoms with van der Waals surface area (Å²) in [6.07, 6.45) is 2.72. The van der Waals surface area contributed by atoms with Gasteiger partial charge in [0.1, 0.15) is 0 Å². The minimum absolute atomic E-state index is 0.102. The van der Waals surface area contributed by atoms with Crippen LogP contribution < -0.4 is 5.32 Å². The Morgan fingerprint density at radius 2 is 2.24 bits per heavy atom. The van der Waals surface area contributed by atoms with Crippen molar-refractivity contribution in [2.24, 2.45) is 0 Å². The van der Waals surface area contributed by atoms with Crippen molar-refractivity contribution in [3.05, 3.63) is 28.8 Å². The van der Waals surface area contributed by atoms with Crippen LogP contribution in [0.2, 0.25) is 5.02 Å². The highest BCUT2D eigenvalue weighted by atomic mass is 35.5. The third kappa shape index (κ3) is 4.84. The molecular formula is C17H23ClN2O3S2. The molecule has 2 saturated heterocycles. The molecule has 2 aliphatic rings. The summed E-state index contributed by atoms with van der Waals surface area (Å²) in [4.78, 5) is 1.99. The monoisotopic (exact) mass is 402 g/mol. The van der Waals surface area contributed by atoms with Gasteiger partial charge in [0, 0.05) is 29.9 Å². The molecule has 2 fully saturated rings. The molecule has 0 saturated carbocycles. The second-order valence-corrected chi connectivity index (χ2v) is 9.76. The first-order valence-electron chi connectivity index (χ1n) is 8.50. The standard InChI is InChI=1S/C17H23ClN2O3S2/c1-12-4-5-13(9-16(12)18)19-17(24)20(10-15-3-2-7-23-15)14-6-8-25(21,22)11-14/h4-5,9,14-15H,2-3,6-8,10-11H2,1H3,(H,19,24)/t14-,15+/m1/s1. The summed E-state index contributed by atoms with van der Waals surface area (Å²) < 4.78 is 29.5. The van der Waals surface area contributed by atoms with Gasteiger partial charge in [0.05, 0.1) is 17.6 Å². The Bertz CT molecular complexity index is 748. The molecule has 2 atom stereocenters. The van der Waals surface area contributed by atoms with Crippen LogP contribution in [0, 0.1) is 6.92 Å². The number of nitrogens with zero attached hydrogens (tertiary/aromatic N) is 1. The van der Waals surface area contributed by atoms with E-state index in [1.165, 1.54) is 0 Å². The van der Waals surface area contributed by atoms with Crippen molar-refractivity contribution < 1.29 is 13.2 Å². The van der Waals surface area contributed by atoms with Crippen LogP contribution in [-0.2, 0) is 14.6 Å². The molecule has 1 aromatic rings. The first-order valence-corrected chi connectivity index (χ1v) is 11.1. The largest absolute Gasteiger partial charge is 0.376 e. The molecule has 0 bridgehead atoms. The number of sulfone groups is 1. The Balaban J connectivity index is 1.74. The summed E-state index contributed by atoms with van der Waals surface area (Å²) in [7, 11) is -2.98. The van der Waals surface area contributed by atoms with Gasteiger partial charge in [-0.25, -0.2) is 8.42 Å². The average Bonchev–Trinajstić information content (AvgIpc) is 3.17. The highest BCUT2D eigenvalue weighted by Crippen LogP contribution is 2.24. The lowest BCUT2D eigenvalue weighted by Gasteiger charge is -2.33. The van der Waals surface area contributed by atoms with Crippen LogP contribution in [0.15, 0.2) is 18.2 Å². The number of benzene rings is 1. The third-order valence-electron chi connectivity index (χ3n) is 4.76. The van der Waals surface area contributed by atoms with Gasteiger partial charge in [0.15, 0.2) is 14.9 Å². The molecule has 25 heavy (non-hydrogen) atoms. The number of thiocarbonyl (C=S) groups is 1. The lowest BCUT2D eigenvalue weighted by molar-refractivity contribution is 0.0851. The van der Waals surface area contributed by atoms with E-state index < -0.39 is 9.84 Å². The van der Waals surface area contributed by atoms with E-state index >= 15 is 0 Å². The van der Waals surface area contributed by atoms with Gasteiger partial charge in [-0.1, -0.05) is 17.7 Å². The fourth-order valence-corrected chi connectivity index (χ4v) is 5.55. The quantitative estimate of drug-likeness (QED) is 0.781. The van der Waals surface area contributed by atoms with Crippen molar-refractivity contribution in [1.82, 2.24) is 4.90 Å². The fourth-order valence-electron chi connectivity index (χ4n) is 3.29. The minimum atomic E-state index is -2.98. The van der Waals surface area contributed by atoms with Crippen molar-refractivity contribution in [3.63, 3.8) is 0 Å². The van der Waals surface area contributed by atoms with Crippen molar-refractivity contribution in [1.29, 1.82) is 0 Å². The number of rotatable bonds is 4. The third-order valence-corrected chi connectivity index (χ3v) is 7.25. The van der Waals surface area contributed by atoms with E-state index in [0.717, 1.165) is 30.7 Å². The highest BCUT2D eigenvalue weighted by Gasteiger charge is 2.35. The maximum Gasteiger partial charge on any atom is 0.173 e. The number of halogens is 1. The lowest BCUT2D eigenvalue weighted by atomic mass is 10.1. The Morgan fingerprint density at radius 3 is 2.84 bits per heavy atom. The first kappa shape index (κ1) is 18.9. The van der Waals surface area contributed by atoms with Gasteiger partial charge in [0.2, 0.25) is 0 Å². The SMILES string of the molecule is Cc1ccc(NC(=S)N(C[C@@H]2CCCO2)[C@@H]2CCS(=O)(=O)C2)cc1Cl. The van der Waals surface area contributed by atoms with E-state index in [2.05, 4.69) is 5.32 Å². The molecule has 0 aromatic heterocycles. The predicted molar refractivity (Wildman–Crippen MR) is 105 cm³/mol. The normalized spacial score (nSPS) is 25.0. The zero-order valence-corrected chi connectivity index (χ0v) is 16.6. The molecule has 0 aliphatic carbocycles. The second-order valence-electron chi connectivity index (χ2n) is 6.74. The molecule has 2 heterocycles. The van der Waals surface area contributed by atoms with Crippen LogP contribution in [0.5, 0.6) is 0 Å². The van der Waals surface area contributed by atoms with Gasteiger partial charge < -0.3 is 15.0 Å². The Morgan fingerprint density at radius 1 is 1.44 bits per heavy atom. The van der Waals surface area contributed by atoms with Gasteiger partial charge in [-0.15, -0.1) is 0 Å². The summed E-state index contributed by atoms with van der Waals surface area (Å²) in [5.41, 5.74) is 1.80. The molecule has 1 N–H and O–H groups in total. The van der Waals surface area contributed by atoms with E-state index in [1.807, 2.05) is 30.0 Å². The van der Waals surface area contributed by atoms with Crippen LogP contribution in [0.1, 0.15) is 24.8 Å². The van der Waals surface area contributed by atoms with Crippen LogP contribution >= 0.6 is 23.8 Å². The van der Waals surface area contributed by atoms with Crippen LogP contribution in [0.25, 0.3) is 0 Å². The van der Waals surface area contributed by atoms with E-state index in [-0.39, 0.29) is 23.7 Å². The minimum Gasteiger partial charge on any atom is -0.376 e. The average molecular weight is 403 g/mol. The van der Waals surface area contributed by atoms with E-state index in [0.29, 0.717) is 23.1 Å². The lowest BCUT2D eigenvalue weighted by Crippen LogP contribution is -2.47. The number of ether oxygens (including phenoxy) is 1. The molecular weight excluding hydrogens is 380 g/mol. The number of hydrogen-bond acceptors (Lipinski definition) is 4. The van der Waals surface area contributed by atoms with Crippen molar-refractivity contribution in [2.75, 3.05) is 30.0 Å². The van der Waals surface area contributed by atoms with Gasteiger partial charge in [-0.3, -0.25) is 0 Å². The number of aryl methyl sites for hydroxylation is 1. The molecule has 0 amide bonds. The molecule has 8 heteroatoms. The zero-order valence-electron chi connectivity index (χ0n) is 14.2. The molecule has 2 aliphatic heterocycles. The smallest absolute Gasteiger partial charge is 0.173 e. The van der Waals surface area contributed by atoms with E-state index in [9.17, 15) is 8.42 Å². The Labute approximate surface area is 159 Å². The summed E-state index contributed by atoms with van der Waals surface area (Å²) in [6, 6.07) is 5.58. The molecule has 1 aromatic carbocycles. The van der Waals surface area contributed by atoms with Gasteiger partial charge >= 0.3 is 0 Å². The van der Waals surface area contributed by atoms with Crippen LogP contribution in [-0.4, -0.2) is 55.2 Å². The number of anilines is 1. The second kappa shape index (κ2) is 7.78. The molecule has 0 spiro atoms. The predicted octanol–water partition coefficient (Wildman–Crippen LogP) is 3.01. The van der Waals surface area contributed by atoms with Crippen LogP contribution in [0.3, 0.4) is 0 Å². The fraction of sp³-hybridized carbons (Fsp3) is 0.588. The summed E-state index contributed by atoms with van der Waals surface area (Å²) in [5.74, 6) is 0.370. The first-order chi connectivity index (χ1) is 11.8. The topological polar surface area (TPSA) is 58.6 Å². The molecule has 138 valence electrons. The molecule has 5 nitrogen and oxygen atoms in total. The van der Waals surface area contributed by atoms with Gasteiger partial charge in [-0.05, 0) is 56.1 Å².